The Morgan fingerprint density at radius 2 is 1.93 bits per heavy atom. The monoisotopic (exact) mass is 387 g/mol. The molecule has 2 aliphatic rings. The molecule has 2 fully saturated rings. The fourth-order valence-electron chi connectivity index (χ4n) is 3.36. The number of carbonyl (C=O) groups is 1. The summed E-state index contributed by atoms with van der Waals surface area (Å²) < 4.78 is 49.0. The van der Waals surface area contributed by atoms with Crippen molar-refractivity contribution in [3.05, 3.63) is 23.9 Å². The Labute approximate surface area is 156 Å². The van der Waals surface area contributed by atoms with E-state index >= 15 is 0 Å². The summed E-state index contributed by atoms with van der Waals surface area (Å²) in [6.07, 6.45) is -3.44. The van der Waals surface area contributed by atoms with Gasteiger partial charge in [0.25, 0.3) is 0 Å². The van der Waals surface area contributed by atoms with Gasteiger partial charge in [-0.2, -0.15) is 13.2 Å². The van der Waals surface area contributed by atoms with Gasteiger partial charge >= 0.3 is 12.3 Å². The zero-order chi connectivity index (χ0) is 19.8. The van der Waals surface area contributed by atoms with Crippen molar-refractivity contribution >= 4 is 6.09 Å². The molecule has 3 rings (SSSR count). The molecule has 2 atom stereocenters. The van der Waals surface area contributed by atoms with Crippen molar-refractivity contribution < 1.29 is 27.4 Å². The number of rotatable bonds is 2. The van der Waals surface area contributed by atoms with Gasteiger partial charge in [0.05, 0.1) is 5.56 Å². The molecule has 150 valence electrons. The van der Waals surface area contributed by atoms with E-state index in [9.17, 15) is 18.0 Å². The van der Waals surface area contributed by atoms with Gasteiger partial charge in [-0.3, -0.25) is 4.90 Å². The maximum absolute atomic E-state index is 12.6. The highest BCUT2D eigenvalue weighted by atomic mass is 19.4. The highest BCUT2D eigenvalue weighted by molar-refractivity contribution is 5.68. The molecular weight excluding hydrogens is 363 g/mol. The number of amides is 1. The lowest BCUT2D eigenvalue weighted by molar-refractivity contribution is -0.137. The molecule has 0 unspecified atom stereocenters. The number of piperazine rings is 1. The molecule has 27 heavy (non-hydrogen) atoms. The van der Waals surface area contributed by atoms with Crippen LogP contribution in [0.5, 0.6) is 5.88 Å². The van der Waals surface area contributed by atoms with E-state index < -0.39 is 17.3 Å². The van der Waals surface area contributed by atoms with Gasteiger partial charge in [0.1, 0.15) is 11.7 Å². The molecule has 2 aliphatic heterocycles. The summed E-state index contributed by atoms with van der Waals surface area (Å²) in [5.41, 5.74) is -1.34. The lowest BCUT2D eigenvalue weighted by Gasteiger charge is -2.37. The van der Waals surface area contributed by atoms with E-state index in [0.717, 1.165) is 12.3 Å². The largest absolute Gasteiger partial charge is 0.473 e. The Morgan fingerprint density at radius 3 is 2.52 bits per heavy atom. The van der Waals surface area contributed by atoms with E-state index in [1.807, 2.05) is 20.8 Å². The van der Waals surface area contributed by atoms with Gasteiger partial charge in [-0.05, 0) is 26.8 Å². The fraction of sp³-hybridized carbons (Fsp3) is 0.667. The molecular formula is C18H24F3N3O3. The SMILES string of the molecule is CC(C)(C)OC(=O)N1CCN2C[C@H](Oc3ccc(C(F)(F)F)cn3)C[C@H]2C1. The van der Waals surface area contributed by atoms with Gasteiger partial charge in [-0.15, -0.1) is 0 Å². The van der Waals surface area contributed by atoms with Crippen LogP contribution in [-0.4, -0.2) is 64.8 Å². The maximum atomic E-state index is 12.6. The Bertz CT molecular complexity index is 673. The normalized spacial score (nSPS) is 23.9. The quantitative estimate of drug-likeness (QED) is 0.780. The maximum Gasteiger partial charge on any atom is 0.417 e. The van der Waals surface area contributed by atoms with Gasteiger partial charge in [0.2, 0.25) is 5.88 Å². The Morgan fingerprint density at radius 1 is 1.19 bits per heavy atom. The van der Waals surface area contributed by atoms with Crippen molar-refractivity contribution in [1.82, 2.24) is 14.8 Å². The van der Waals surface area contributed by atoms with Crippen LogP contribution in [0.4, 0.5) is 18.0 Å². The number of aromatic nitrogens is 1. The van der Waals surface area contributed by atoms with Crippen LogP contribution in [0.15, 0.2) is 18.3 Å². The van der Waals surface area contributed by atoms with E-state index in [2.05, 4.69) is 9.88 Å². The van der Waals surface area contributed by atoms with Crippen LogP contribution in [-0.2, 0) is 10.9 Å². The molecule has 6 nitrogen and oxygen atoms in total. The number of alkyl halides is 3. The molecule has 0 aromatic carbocycles. The van der Waals surface area contributed by atoms with Crippen LogP contribution in [0.1, 0.15) is 32.8 Å². The van der Waals surface area contributed by atoms with Crippen molar-refractivity contribution in [2.45, 2.75) is 51.1 Å². The zero-order valence-corrected chi connectivity index (χ0v) is 15.6. The first kappa shape index (κ1) is 19.7. The third kappa shape index (κ3) is 5.03. The summed E-state index contributed by atoms with van der Waals surface area (Å²) in [4.78, 5) is 19.9. The number of ether oxygens (including phenoxy) is 2. The van der Waals surface area contributed by atoms with Crippen molar-refractivity contribution in [3.63, 3.8) is 0 Å². The summed E-state index contributed by atoms with van der Waals surface area (Å²) in [5.74, 6) is 0.178. The van der Waals surface area contributed by atoms with Crippen molar-refractivity contribution in [2.24, 2.45) is 0 Å². The van der Waals surface area contributed by atoms with Crippen LogP contribution in [0, 0.1) is 0 Å². The zero-order valence-electron chi connectivity index (χ0n) is 15.6. The summed E-state index contributed by atoms with van der Waals surface area (Å²) in [5, 5.41) is 0. The first-order valence-electron chi connectivity index (χ1n) is 8.93. The summed E-state index contributed by atoms with van der Waals surface area (Å²) >= 11 is 0. The Balaban J connectivity index is 1.55. The minimum atomic E-state index is -4.41. The second kappa shape index (κ2) is 7.18. The average molecular weight is 387 g/mol. The van der Waals surface area contributed by atoms with E-state index in [1.165, 1.54) is 6.07 Å². The Kier molecular flexibility index (Phi) is 5.24. The second-order valence-electron chi connectivity index (χ2n) is 7.93. The van der Waals surface area contributed by atoms with Crippen molar-refractivity contribution in [3.8, 4) is 5.88 Å². The lowest BCUT2D eigenvalue weighted by atomic mass is 10.1. The number of carbonyl (C=O) groups excluding carboxylic acids is 1. The van der Waals surface area contributed by atoms with Crippen LogP contribution >= 0.6 is 0 Å². The number of halogens is 3. The molecule has 0 aliphatic carbocycles. The van der Waals surface area contributed by atoms with Crippen LogP contribution in [0.3, 0.4) is 0 Å². The minimum Gasteiger partial charge on any atom is -0.473 e. The Hall–Kier alpha value is -2.03. The molecule has 1 aromatic rings. The van der Waals surface area contributed by atoms with Gasteiger partial charge in [0.15, 0.2) is 0 Å². The average Bonchev–Trinajstić information content (AvgIpc) is 2.94. The fourth-order valence-corrected chi connectivity index (χ4v) is 3.36. The van der Waals surface area contributed by atoms with E-state index in [1.54, 1.807) is 4.90 Å². The molecule has 3 heterocycles. The standard InChI is InChI=1S/C18H24F3N3O3/c1-17(2,3)27-16(25)24-7-6-23-11-14(8-13(23)10-24)26-15-5-4-12(9-22-15)18(19,20)21/h4-5,9,13-14H,6-8,10-11H2,1-3H3/t13-,14+/m0/s1. The summed E-state index contributed by atoms with van der Waals surface area (Å²) in [7, 11) is 0. The van der Waals surface area contributed by atoms with Crippen molar-refractivity contribution in [1.29, 1.82) is 0 Å². The third-order valence-electron chi connectivity index (χ3n) is 4.58. The number of hydrogen-bond donors (Lipinski definition) is 0. The van der Waals surface area contributed by atoms with Crippen LogP contribution in [0.2, 0.25) is 0 Å². The summed E-state index contributed by atoms with van der Waals surface area (Å²) in [6.45, 7) is 8.00. The molecule has 1 aromatic heterocycles. The predicted octanol–water partition coefficient (Wildman–Crippen LogP) is 3.17. The first-order chi connectivity index (χ1) is 12.5. The van der Waals surface area contributed by atoms with E-state index in [0.29, 0.717) is 32.6 Å². The first-order valence-corrected chi connectivity index (χ1v) is 8.93. The molecule has 0 bridgehead atoms. The van der Waals surface area contributed by atoms with Gasteiger partial charge < -0.3 is 14.4 Å². The van der Waals surface area contributed by atoms with E-state index in [-0.39, 0.29) is 24.1 Å². The number of fused-ring (bicyclic) bond motifs is 1. The van der Waals surface area contributed by atoms with Gasteiger partial charge in [-0.1, -0.05) is 0 Å². The lowest BCUT2D eigenvalue weighted by Crippen LogP contribution is -2.53. The molecule has 9 heteroatoms. The van der Waals surface area contributed by atoms with E-state index in [4.69, 9.17) is 9.47 Å². The molecule has 0 spiro atoms. The number of nitrogens with zero attached hydrogens (tertiary/aromatic N) is 3. The third-order valence-corrected chi connectivity index (χ3v) is 4.58. The number of hydrogen-bond acceptors (Lipinski definition) is 5. The van der Waals surface area contributed by atoms with Crippen LogP contribution < -0.4 is 4.74 Å². The molecule has 0 radical (unpaired) electrons. The second-order valence-corrected chi connectivity index (χ2v) is 7.93. The highest BCUT2D eigenvalue weighted by Crippen LogP contribution is 2.30. The summed E-state index contributed by atoms with van der Waals surface area (Å²) in [6, 6.07) is 2.35. The van der Waals surface area contributed by atoms with Crippen molar-refractivity contribution in [2.75, 3.05) is 26.2 Å². The highest BCUT2D eigenvalue weighted by Gasteiger charge is 2.39. The van der Waals surface area contributed by atoms with Crippen LogP contribution in [0.25, 0.3) is 0 Å². The topological polar surface area (TPSA) is 54.9 Å². The number of pyridine rings is 1. The molecule has 0 saturated carbocycles. The molecule has 1 amide bonds. The smallest absolute Gasteiger partial charge is 0.417 e. The predicted molar refractivity (Wildman–Crippen MR) is 91.4 cm³/mol. The minimum absolute atomic E-state index is 0.144. The molecule has 2 saturated heterocycles. The van der Waals surface area contributed by atoms with Gasteiger partial charge in [0, 0.05) is 50.9 Å². The molecule has 0 N–H and O–H groups in total. The van der Waals surface area contributed by atoms with Gasteiger partial charge in [-0.25, -0.2) is 9.78 Å².